The van der Waals surface area contributed by atoms with Crippen LogP contribution in [0.5, 0.6) is 0 Å². The lowest BCUT2D eigenvalue weighted by atomic mass is 9.63. The van der Waals surface area contributed by atoms with Crippen molar-refractivity contribution in [3.05, 3.63) is 35.6 Å². The number of likely N-dealkylation sites (N-methyl/N-ethyl adjacent to an activating group) is 1. The van der Waals surface area contributed by atoms with Gasteiger partial charge in [-0.25, -0.2) is 4.39 Å². The van der Waals surface area contributed by atoms with Crippen LogP contribution in [0.15, 0.2) is 24.3 Å². The number of rotatable bonds is 4. The molecule has 1 aliphatic rings. The van der Waals surface area contributed by atoms with Crippen molar-refractivity contribution < 1.29 is 14.0 Å². The molecule has 2 amide bonds. The van der Waals surface area contributed by atoms with Crippen LogP contribution in [0, 0.1) is 5.82 Å². The van der Waals surface area contributed by atoms with Crippen molar-refractivity contribution >= 4 is 11.8 Å². The Hall–Kier alpha value is -1.91. The highest BCUT2D eigenvalue weighted by Crippen LogP contribution is 2.45. The molecule has 1 aromatic rings. The summed E-state index contributed by atoms with van der Waals surface area (Å²) in [7, 11) is 1.63. The second-order valence-corrected chi connectivity index (χ2v) is 7.41. The zero-order valence-electron chi connectivity index (χ0n) is 14.3. The molecule has 1 aromatic carbocycles. The molecular formula is C18H25FN2O2. The van der Waals surface area contributed by atoms with Gasteiger partial charge < -0.3 is 10.2 Å². The van der Waals surface area contributed by atoms with Crippen LogP contribution in [-0.2, 0) is 15.0 Å². The molecule has 126 valence electrons. The molecule has 0 radical (unpaired) electrons. The number of nitrogens with zero attached hydrogens (tertiary/aromatic N) is 1. The minimum absolute atomic E-state index is 0.00711. The van der Waals surface area contributed by atoms with E-state index in [-0.39, 0.29) is 29.7 Å². The summed E-state index contributed by atoms with van der Waals surface area (Å²) < 4.78 is 13.5. The van der Waals surface area contributed by atoms with E-state index in [1.54, 1.807) is 19.2 Å². The maximum Gasteiger partial charge on any atom is 0.240 e. The summed E-state index contributed by atoms with van der Waals surface area (Å²) in [5.41, 5.74) is -0.312. The van der Waals surface area contributed by atoms with Gasteiger partial charge in [0, 0.05) is 12.6 Å². The van der Waals surface area contributed by atoms with Crippen LogP contribution in [0.3, 0.4) is 0 Å². The van der Waals surface area contributed by atoms with Crippen molar-refractivity contribution in [2.24, 2.45) is 0 Å². The van der Waals surface area contributed by atoms with Gasteiger partial charge in [-0.05, 0) is 51.3 Å². The molecule has 5 heteroatoms. The van der Waals surface area contributed by atoms with Crippen LogP contribution >= 0.6 is 0 Å². The predicted octanol–water partition coefficient (Wildman–Crippen LogP) is 2.62. The van der Waals surface area contributed by atoms with Crippen LogP contribution in [0.25, 0.3) is 0 Å². The summed E-state index contributed by atoms with van der Waals surface area (Å²) in [5, 5.41) is 2.85. The van der Waals surface area contributed by atoms with E-state index in [0.29, 0.717) is 18.4 Å². The van der Waals surface area contributed by atoms with Crippen molar-refractivity contribution in [1.82, 2.24) is 10.2 Å². The number of carbonyl (C=O) groups is 2. The van der Waals surface area contributed by atoms with Gasteiger partial charge in [0.05, 0.1) is 12.0 Å². The van der Waals surface area contributed by atoms with Gasteiger partial charge in [-0.2, -0.15) is 0 Å². The fourth-order valence-electron chi connectivity index (χ4n) is 3.05. The second-order valence-electron chi connectivity index (χ2n) is 7.41. The van der Waals surface area contributed by atoms with E-state index < -0.39 is 5.41 Å². The Labute approximate surface area is 137 Å². The maximum atomic E-state index is 13.5. The van der Waals surface area contributed by atoms with Crippen molar-refractivity contribution in [1.29, 1.82) is 0 Å². The third-order valence-corrected chi connectivity index (χ3v) is 4.24. The van der Waals surface area contributed by atoms with E-state index in [0.717, 1.165) is 6.42 Å². The molecule has 0 heterocycles. The largest absolute Gasteiger partial charge is 0.350 e. The van der Waals surface area contributed by atoms with Gasteiger partial charge in [-0.1, -0.05) is 18.6 Å². The average Bonchev–Trinajstić information content (AvgIpc) is 2.34. The monoisotopic (exact) mass is 320 g/mol. The third kappa shape index (κ3) is 3.89. The van der Waals surface area contributed by atoms with Gasteiger partial charge in [-0.15, -0.1) is 0 Å². The molecular weight excluding hydrogens is 295 g/mol. The number of carbonyl (C=O) groups excluding carboxylic acids is 2. The molecule has 1 saturated carbocycles. The number of halogens is 1. The predicted molar refractivity (Wildman–Crippen MR) is 87.5 cm³/mol. The molecule has 2 rings (SSSR count). The summed E-state index contributed by atoms with van der Waals surface area (Å²) in [6, 6.07) is 6.23. The lowest BCUT2D eigenvalue weighted by Crippen LogP contribution is -2.53. The minimum Gasteiger partial charge on any atom is -0.350 e. The Morgan fingerprint density at radius 1 is 1.30 bits per heavy atom. The maximum absolute atomic E-state index is 13.5. The molecule has 0 bridgehead atoms. The standard InChI is InChI=1S/C18H25FN2O2/c1-17(2,3)20-15(22)12-21(4)16(23)18(9-6-10-18)13-7-5-8-14(19)11-13/h5,7-8,11H,6,9-10,12H2,1-4H3,(H,20,22). The molecule has 0 saturated heterocycles. The van der Waals surface area contributed by atoms with Gasteiger partial charge in [0.15, 0.2) is 0 Å². The molecule has 1 N–H and O–H groups in total. The molecule has 0 aromatic heterocycles. The molecule has 0 atom stereocenters. The van der Waals surface area contributed by atoms with E-state index in [4.69, 9.17) is 0 Å². The summed E-state index contributed by atoms with van der Waals surface area (Å²) in [6.45, 7) is 5.69. The Balaban J connectivity index is 2.12. The molecule has 0 spiro atoms. The lowest BCUT2D eigenvalue weighted by Gasteiger charge is -2.43. The molecule has 4 nitrogen and oxygen atoms in total. The fraction of sp³-hybridized carbons (Fsp3) is 0.556. The topological polar surface area (TPSA) is 49.4 Å². The normalized spacial score (nSPS) is 16.4. The first kappa shape index (κ1) is 17.4. The third-order valence-electron chi connectivity index (χ3n) is 4.24. The first-order valence-electron chi connectivity index (χ1n) is 7.97. The number of amides is 2. The average molecular weight is 320 g/mol. The minimum atomic E-state index is -0.682. The highest BCUT2D eigenvalue weighted by molar-refractivity contribution is 5.92. The highest BCUT2D eigenvalue weighted by Gasteiger charge is 2.47. The highest BCUT2D eigenvalue weighted by atomic mass is 19.1. The number of nitrogens with one attached hydrogen (secondary N) is 1. The van der Waals surface area contributed by atoms with Crippen LogP contribution < -0.4 is 5.32 Å². The van der Waals surface area contributed by atoms with Gasteiger partial charge in [0.2, 0.25) is 11.8 Å². The van der Waals surface area contributed by atoms with Gasteiger partial charge in [0.1, 0.15) is 5.82 Å². The zero-order chi connectivity index (χ0) is 17.3. The first-order chi connectivity index (χ1) is 10.6. The Morgan fingerprint density at radius 3 is 2.43 bits per heavy atom. The van der Waals surface area contributed by atoms with E-state index in [2.05, 4.69) is 5.32 Å². The van der Waals surface area contributed by atoms with Crippen molar-refractivity contribution in [3.8, 4) is 0 Å². The summed E-state index contributed by atoms with van der Waals surface area (Å²) in [4.78, 5) is 26.4. The Kier molecular flexibility index (Phi) is 4.78. The van der Waals surface area contributed by atoms with Crippen molar-refractivity contribution in [3.63, 3.8) is 0 Å². The number of hydrogen-bond donors (Lipinski definition) is 1. The van der Waals surface area contributed by atoms with E-state index in [1.807, 2.05) is 20.8 Å². The first-order valence-corrected chi connectivity index (χ1v) is 7.97. The van der Waals surface area contributed by atoms with Crippen LogP contribution in [0.4, 0.5) is 4.39 Å². The van der Waals surface area contributed by atoms with Crippen LogP contribution in [0.1, 0.15) is 45.6 Å². The molecule has 1 aliphatic carbocycles. The smallest absolute Gasteiger partial charge is 0.240 e. The quantitative estimate of drug-likeness (QED) is 0.927. The van der Waals surface area contributed by atoms with Gasteiger partial charge in [-0.3, -0.25) is 9.59 Å². The Morgan fingerprint density at radius 2 is 1.96 bits per heavy atom. The molecule has 0 unspecified atom stereocenters. The van der Waals surface area contributed by atoms with E-state index in [9.17, 15) is 14.0 Å². The summed E-state index contributed by atoms with van der Waals surface area (Å²) in [6.07, 6.45) is 2.32. The summed E-state index contributed by atoms with van der Waals surface area (Å²) >= 11 is 0. The SMILES string of the molecule is CN(CC(=O)NC(C)(C)C)C(=O)C1(c2cccc(F)c2)CCC1. The molecule has 1 fully saturated rings. The van der Waals surface area contributed by atoms with Crippen molar-refractivity contribution in [2.45, 2.75) is 51.0 Å². The van der Waals surface area contributed by atoms with Gasteiger partial charge >= 0.3 is 0 Å². The van der Waals surface area contributed by atoms with E-state index in [1.165, 1.54) is 17.0 Å². The zero-order valence-corrected chi connectivity index (χ0v) is 14.3. The fourth-order valence-corrected chi connectivity index (χ4v) is 3.05. The molecule has 0 aliphatic heterocycles. The van der Waals surface area contributed by atoms with Crippen LogP contribution in [-0.4, -0.2) is 35.8 Å². The Bertz CT molecular complexity index is 603. The number of hydrogen-bond acceptors (Lipinski definition) is 2. The molecule has 23 heavy (non-hydrogen) atoms. The van der Waals surface area contributed by atoms with Crippen LogP contribution in [0.2, 0.25) is 0 Å². The second kappa shape index (κ2) is 6.30. The number of benzene rings is 1. The van der Waals surface area contributed by atoms with Gasteiger partial charge in [0.25, 0.3) is 0 Å². The summed E-state index contributed by atoms with van der Waals surface area (Å²) in [5.74, 6) is -0.643. The van der Waals surface area contributed by atoms with E-state index >= 15 is 0 Å². The van der Waals surface area contributed by atoms with Crippen molar-refractivity contribution in [2.75, 3.05) is 13.6 Å². The lowest BCUT2D eigenvalue weighted by molar-refractivity contribution is -0.142.